The molecule has 1 fully saturated rings. The zero-order valence-electron chi connectivity index (χ0n) is 9.24. The van der Waals surface area contributed by atoms with Crippen molar-refractivity contribution in [3.05, 3.63) is 21.7 Å². The molecule has 2 heterocycles. The van der Waals surface area contributed by atoms with Crippen LogP contribution >= 0.6 is 24.4 Å². The van der Waals surface area contributed by atoms with Gasteiger partial charge >= 0.3 is 0 Å². The van der Waals surface area contributed by atoms with Crippen molar-refractivity contribution < 1.29 is 14.9 Å². The third-order valence-electron chi connectivity index (χ3n) is 2.99. The third kappa shape index (κ3) is 2.34. The van der Waals surface area contributed by atoms with Gasteiger partial charge < -0.3 is 19.9 Å². The lowest BCUT2D eigenvalue weighted by Crippen LogP contribution is -2.28. The van der Waals surface area contributed by atoms with E-state index in [1.165, 1.54) is 0 Å². The predicted molar refractivity (Wildman–Crippen MR) is 66.6 cm³/mol. The molecule has 1 aliphatic rings. The molecule has 1 unspecified atom stereocenters. The zero-order valence-corrected chi connectivity index (χ0v) is 10.9. The number of aliphatic hydroxyl groups is 2. The summed E-state index contributed by atoms with van der Waals surface area (Å²) in [5.41, 5.74) is 0. The first-order valence-corrected chi connectivity index (χ1v) is 6.12. The van der Waals surface area contributed by atoms with Gasteiger partial charge in [-0.15, -0.1) is 0 Å². The second kappa shape index (κ2) is 4.95. The van der Waals surface area contributed by atoms with Crippen LogP contribution in [0.5, 0.6) is 0 Å². The molecule has 0 amide bonds. The third-order valence-corrected chi connectivity index (χ3v) is 3.54. The van der Waals surface area contributed by atoms with E-state index in [2.05, 4.69) is 4.98 Å². The van der Waals surface area contributed by atoms with Gasteiger partial charge in [-0.2, -0.15) is 0 Å². The molecular weight excluding hydrogens is 260 g/mol. The van der Waals surface area contributed by atoms with Gasteiger partial charge in [0.2, 0.25) is 0 Å². The molecule has 7 heteroatoms. The van der Waals surface area contributed by atoms with Gasteiger partial charge in [-0.05, 0) is 18.3 Å². The minimum absolute atomic E-state index is 0.150. The molecule has 4 atom stereocenters. The van der Waals surface area contributed by atoms with Gasteiger partial charge in [-0.25, -0.2) is 0 Å². The van der Waals surface area contributed by atoms with Crippen molar-refractivity contribution in [2.45, 2.75) is 25.4 Å². The highest BCUT2D eigenvalue weighted by Crippen LogP contribution is 2.34. The first-order valence-electron chi connectivity index (χ1n) is 5.30. The van der Waals surface area contributed by atoms with Crippen LogP contribution in [0.4, 0.5) is 0 Å². The van der Waals surface area contributed by atoms with Crippen LogP contribution in [0, 0.1) is 15.3 Å². The van der Waals surface area contributed by atoms with Crippen LogP contribution < -0.4 is 0 Å². The monoisotopic (exact) mass is 274 g/mol. The number of hydrogen-bond donors (Lipinski definition) is 3. The van der Waals surface area contributed by atoms with Gasteiger partial charge in [-0.1, -0.05) is 19.1 Å². The van der Waals surface area contributed by atoms with Crippen LogP contribution in [0.2, 0.25) is 0 Å². The van der Waals surface area contributed by atoms with E-state index >= 15 is 0 Å². The SMILES string of the molecule is C[C@H]1C(O)[C@@H](CO)O[C@H]1n1ccc(=S)[nH]c1=S. The molecule has 5 nitrogen and oxygen atoms in total. The molecule has 0 aromatic carbocycles. The molecule has 1 aromatic heterocycles. The minimum atomic E-state index is -0.699. The van der Waals surface area contributed by atoms with Crippen molar-refractivity contribution in [2.75, 3.05) is 6.61 Å². The summed E-state index contributed by atoms with van der Waals surface area (Å²) < 4.78 is 8.28. The smallest absolute Gasteiger partial charge is 0.180 e. The number of H-pyrrole nitrogens is 1. The molecule has 0 saturated carbocycles. The summed E-state index contributed by atoms with van der Waals surface area (Å²) in [6.07, 6.45) is 0.0751. The Labute approximate surface area is 109 Å². The number of aromatic amines is 1. The Morgan fingerprint density at radius 1 is 1.53 bits per heavy atom. The Morgan fingerprint density at radius 2 is 2.24 bits per heavy atom. The van der Waals surface area contributed by atoms with Crippen LogP contribution in [0.3, 0.4) is 0 Å². The van der Waals surface area contributed by atoms with Crippen LogP contribution in [0.1, 0.15) is 13.2 Å². The number of aliphatic hydroxyl groups excluding tert-OH is 2. The van der Waals surface area contributed by atoms with Crippen LogP contribution in [0.25, 0.3) is 0 Å². The zero-order chi connectivity index (χ0) is 12.6. The van der Waals surface area contributed by atoms with E-state index in [0.717, 1.165) is 0 Å². The minimum Gasteiger partial charge on any atom is -0.394 e. The Morgan fingerprint density at radius 3 is 2.76 bits per heavy atom. The van der Waals surface area contributed by atoms with Gasteiger partial charge in [0, 0.05) is 12.1 Å². The molecule has 1 aromatic rings. The van der Waals surface area contributed by atoms with Gasteiger partial charge in [0.25, 0.3) is 0 Å². The van der Waals surface area contributed by atoms with E-state index in [1.54, 1.807) is 16.8 Å². The molecule has 1 aliphatic heterocycles. The molecule has 2 rings (SSSR count). The summed E-state index contributed by atoms with van der Waals surface area (Å²) in [4.78, 5) is 2.85. The molecular formula is C10H14N2O3S2. The fourth-order valence-electron chi connectivity index (χ4n) is 1.99. The van der Waals surface area contributed by atoms with Gasteiger partial charge in [-0.3, -0.25) is 4.57 Å². The standard InChI is InChI=1S/C10H14N2O3S2/c1-5-8(14)6(4-13)15-9(5)12-3-2-7(16)11-10(12)17/h2-3,5-6,8-9,13-14H,4H2,1H3,(H,11,16,17)/t5-,6+,8?,9+/m0/s1. The second-order valence-corrected chi connectivity index (χ2v) is 4.94. The van der Waals surface area contributed by atoms with Crippen molar-refractivity contribution >= 4 is 24.4 Å². The largest absolute Gasteiger partial charge is 0.394 e. The van der Waals surface area contributed by atoms with Crippen molar-refractivity contribution in [3.8, 4) is 0 Å². The number of ether oxygens (including phenoxy) is 1. The summed E-state index contributed by atoms with van der Waals surface area (Å²) in [6.45, 7) is 1.65. The Kier molecular flexibility index (Phi) is 3.74. The molecule has 0 bridgehead atoms. The molecule has 0 aliphatic carbocycles. The van der Waals surface area contributed by atoms with Gasteiger partial charge in [0.15, 0.2) is 4.77 Å². The van der Waals surface area contributed by atoms with Crippen molar-refractivity contribution in [3.63, 3.8) is 0 Å². The number of hydrogen-bond acceptors (Lipinski definition) is 5. The highest BCUT2D eigenvalue weighted by atomic mass is 32.1. The van der Waals surface area contributed by atoms with Crippen molar-refractivity contribution in [1.82, 2.24) is 9.55 Å². The highest BCUT2D eigenvalue weighted by Gasteiger charge is 2.41. The van der Waals surface area contributed by atoms with E-state index in [1.807, 2.05) is 6.92 Å². The first kappa shape index (κ1) is 12.8. The van der Waals surface area contributed by atoms with Gasteiger partial charge in [0.05, 0.1) is 12.7 Å². The maximum Gasteiger partial charge on any atom is 0.180 e. The van der Waals surface area contributed by atoms with Gasteiger partial charge in [0.1, 0.15) is 17.0 Å². The number of aromatic nitrogens is 2. The average molecular weight is 274 g/mol. The van der Waals surface area contributed by atoms with Crippen molar-refractivity contribution in [2.24, 2.45) is 5.92 Å². The van der Waals surface area contributed by atoms with E-state index in [4.69, 9.17) is 34.3 Å². The second-order valence-electron chi connectivity index (χ2n) is 4.11. The van der Waals surface area contributed by atoms with Crippen LogP contribution in [-0.4, -0.2) is 38.6 Å². The lowest BCUT2D eigenvalue weighted by atomic mass is 10.0. The Balaban J connectivity index is 2.35. The summed E-state index contributed by atoms with van der Waals surface area (Å²) in [7, 11) is 0. The molecule has 3 N–H and O–H groups in total. The molecule has 0 radical (unpaired) electrons. The normalized spacial score (nSPS) is 32.9. The van der Waals surface area contributed by atoms with E-state index in [-0.39, 0.29) is 18.8 Å². The maximum absolute atomic E-state index is 9.87. The molecule has 1 saturated heterocycles. The number of rotatable bonds is 2. The average Bonchev–Trinajstić information content (AvgIpc) is 2.57. The van der Waals surface area contributed by atoms with Crippen molar-refractivity contribution in [1.29, 1.82) is 0 Å². The molecule has 17 heavy (non-hydrogen) atoms. The van der Waals surface area contributed by atoms with E-state index < -0.39 is 12.2 Å². The summed E-state index contributed by atoms with van der Waals surface area (Å²) in [5, 5.41) is 19.0. The Hall–Kier alpha value is -0.600. The van der Waals surface area contributed by atoms with E-state index in [0.29, 0.717) is 9.41 Å². The first-order chi connectivity index (χ1) is 8.04. The fourth-order valence-corrected chi connectivity index (χ4v) is 2.49. The topological polar surface area (TPSA) is 70.4 Å². The van der Waals surface area contributed by atoms with Crippen LogP contribution in [-0.2, 0) is 4.74 Å². The lowest BCUT2D eigenvalue weighted by molar-refractivity contribution is -0.0470. The summed E-state index contributed by atoms with van der Waals surface area (Å²) >= 11 is 10.1. The predicted octanol–water partition coefficient (Wildman–Crippen LogP) is 1.16. The number of nitrogens with zero attached hydrogens (tertiary/aromatic N) is 1. The fraction of sp³-hybridized carbons (Fsp3) is 0.600. The maximum atomic E-state index is 9.87. The molecule has 94 valence electrons. The Bertz CT molecular complexity index is 513. The quantitative estimate of drug-likeness (QED) is 0.706. The summed E-state index contributed by atoms with van der Waals surface area (Å²) in [6, 6.07) is 1.71. The molecule has 0 spiro atoms. The highest BCUT2D eigenvalue weighted by molar-refractivity contribution is 7.72. The number of nitrogens with one attached hydrogen (secondary N) is 1. The lowest BCUT2D eigenvalue weighted by Gasteiger charge is -2.18. The summed E-state index contributed by atoms with van der Waals surface area (Å²) in [5.74, 6) is -0.150. The van der Waals surface area contributed by atoms with E-state index in [9.17, 15) is 5.11 Å². The van der Waals surface area contributed by atoms with Crippen LogP contribution in [0.15, 0.2) is 12.3 Å².